The van der Waals surface area contributed by atoms with Gasteiger partial charge in [0.05, 0.1) is 0 Å². The van der Waals surface area contributed by atoms with Crippen molar-refractivity contribution in [2.75, 3.05) is 13.2 Å². The maximum Gasteiger partial charge on any atom is 0.306 e. The zero-order chi connectivity index (χ0) is 57.1. The van der Waals surface area contributed by atoms with Crippen LogP contribution in [0.3, 0.4) is 0 Å². The van der Waals surface area contributed by atoms with Crippen molar-refractivity contribution in [2.24, 2.45) is 0 Å². The first-order chi connectivity index (χ1) is 39.0. The van der Waals surface area contributed by atoms with Gasteiger partial charge in [-0.3, -0.25) is 14.4 Å². The first-order valence-electron chi connectivity index (χ1n) is 36.5. The Morgan fingerprint density at radius 1 is 0.203 bits per heavy atom. The maximum atomic E-state index is 12.9. The van der Waals surface area contributed by atoms with Gasteiger partial charge in [-0.05, 0) is 19.3 Å². The topological polar surface area (TPSA) is 78.9 Å². The summed E-state index contributed by atoms with van der Waals surface area (Å²) in [5.41, 5.74) is 0. The summed E-state index contributed by atoms with van der Waals surface area (Å²) in [4.78, 5) is 38.3. The van der Waals surface area contributed by atoms with E-state index in [0.29, 0.717) is 19.3 Å². The molecule has 0 bridgehead atoms. The minimum absolute atomic E-state index is 0.0606. The molecule has 0 radical (unpaired) electrons. The largest absolute Gasteiger partial charge is 0.462 e. The molecule has 0 N–H and O–H groups in total. The molecule has 1 atom stereocenters. The van der Waals surface area contributed by atoms with Gasteiger partial charge < -0.3 is 14.2 Å². The summed E-state index contributed by atoms with van der Waals surface area (Å²) < 4.78 is 17.0. The lowest BCUT2D eigenvalue weighted by Gasteiger charge is -2.18. The minimum atomic E-state index is -0.762. The van der Waals surface area contributed by atoms with Crippen LogP contribution in [0.2, 0.25) is 0 Å². The molecule has 0 aromatic heterocycles. The van der Waals surface area contributed by atoms with E-state index in [9.17, 15) is 14.4 Å². The fraction of sp³-hybridized carbons (Fsp3) is 0.959. The van der Waals surface area contributed by atoms with Crippen molar-refractivity contribution in [3.05, 3.63) is 0 Å². The highest BCUT2D eigenvalue weighted by Gasteiger charge is 2.20. The van der Waals surface area contributed by atoms with Crippen LogP contribution in [0.1, 0.15) is 432 Å². The van der Waals surface area contributed by atoms with E-state index in [4.69, 9.17) is 14.2 Å². The summed E-state index contributed by atoms with van der Waals surface area (Å²) in [6.07, 6.45) is 81.7. The molecule has 0 aliphatic heterocycles. The van der Waals surface area contributed by atoms with Crippen molar-refractivity contribution >= 4 is 17.9 Å². The van der Waals surface area contributed by atoms with Crippen LogP contribution in [-0.2, 0) is 28.6 Å². The molecule has 0 rings (SSSR count). The van der Waals surface area contributed by atoms with Crippen LogP contribution in [0.15, 0.2) is 0 Å². The summed E-state index contributed by atoms with van der Waals surface area (Å²) in [5, 5.41) is 0. The van der Waals surface area contributed by atoms with Crippen molar-refractivity contribution in [1.82, 2.24) is 0 Å². The normalized spacial score (nSPS) is 11.9. The second kappa shape index (κ2) is 68.9. The molecule has 79 heavy (non-hydrogen) atoms. The highest BCUT2D eigenvalue weighted by atomic mass is 16.6. The van der Waals surface area contributed by atoms with Gasteiger partial charge in [-0.15, -0.1) is 0 Å². The van der Waals surface area contributed by atoms with Gasteiger partial charge in [-0.1, -0.05) is 393 Å². The quantitative estimate of drug-likeness (QED) is 0.0343. The SMILES string of the molecule is CCCCCCCCCCCCCCCCCCCCCCCCCCCCCCCCCCCC(=O)OCC(COC(=O)CCCCCCCCCCCC)OC(=O)CCCCCCCCCCCCCCCCCCCC. The van der Waals surface area contributed by atoms with Crippen molar-refractivity contribution in [3.63, 3.8) is 0 Å². The molecular formula is C73H142O6. The molecule has 0 heterocycles. The van der Waals surface area contributed by atoms with Crippen molar-refractivity contribution in [2.45, 2.75) is 438 Å². The average molecular weight is 1120 g/mol. The fourth-order valence-electron chi connectivity index (χ4n) is 11.6. The van der Waals surface area contributed by atoms with Crippen LogP contribution >= 0.6 is 0 Å². The van der Waals surface area contributed by atoms with E-state index in [1.165, 1.54) is 334 Å². The van der Waals surface area contributed by atoms with E-state index >= 15 is 0 Å². The Hall–Kier alpha value is -1.59. The number of carbonyl (C=O) groups is 3. The third-order valence-electron chi connectivity index (χ3n) is 17.1. The third-order valence-corrected chi connectivity index (χ3v) is 17.1. The Morgan fingerprint density at radius 3 is 0.506 bits per heavy atom. The van der Waals surface area contributed by atoms with Gasteiger partial charge in [-0.2, -0.15) is 0 Å². The Morgan fingerprint density at radius 2 is 0.342 bits per heavy atom. The number of ether oxygens (including phenoxy) is 3. The highest BCUT2D eigenvalue weighted by molar-refractivity contribution is 5.71. The van der Waals surface area contributed by atoms with Gasteiger partial charge in [0.1, 0.15) is 13.2 Å². The van der Waals surface area contributed by atoms with Crippen LogP contribution in [-0.4, -0.2) is 37.2 Å². The Balaban J connectivity index is 4.00. The Labute approximate surface area is 495 Å². The molecule has 0 spiro atoms. The average Bonchev–Trinajstić information content (AvgIpc) is 3.45. The minimum Gasteiger partial charge on any atom is -0.462 e. The molecule has 0 saturated heterocycles. The van der Waals surface area contributed by atoms with Crippen molar-refractivity contribution in [3.8, 4) is 0 Å². The molecule has 0 aliphatic rings. The Bertz CT molecular complexity index is 1190. The van der Waals surface area contributed by atoms with Gasteiger partial charge in [0, 0.05) is 19.3 Å². The lowest BCUT2D eigenvalue weighted by Crippen LogP contribution is -2.30. The molecule has 0 aliphatic carbocycles. The van der Waals surface area contributed by atoms with Crippen molar-refractivity contribution in [1.29, 1.82) is 0 Å². The summed E-state index contributed by atoms with van der Waals surface area (Å²) in [5.74, 6) is -0.825. The predicted octanol–water partition coefficient (Wildman–Crippen LogP) is 25.0. The molecular weight excluding hydrogens is 973 g/mol. The van der Waals surface area contributed by atoms with Gasteiger partial charge in [0.2, 0.25) is 0 Å². The molecule has 0 aromatic rings. The molecule has 6 nitrogen and oxygen atoms in total. The zero-order valence-corrected chi connectivity index (χ0v) is 54.2. The van der Waals surface area contributed by atoms with Gasteiger partial charge in [0.25, 0.3) is 0 Å². The van der Waals surface area contributed by atoms with E-state index < -0.39 is 6.10 Å². The van der Waals surface area contributed by atoms with Gasteiger partial charge in [0.15, 0.2) is 6.10 Å². The smallest absolute Gasteiger partial charge is 0.306 e. The third kappa shape index (κ3) is 67.1. The number of carbonyl (C=O) groups excluding carboxylic acids is 3. The standard InChI is InChI=1S/C73H142O6/c1-4-7-10-13-16-19-22-24-26-28-30-31-32-33-34-35-36-37-38-39-40-41-42-43-44-46-47-49-51-54-57-60-63-66-72(75)78-69-70(68-77-71(74)65-62-59-56-53-21-18-15-12-9-6-3)79-73(76)67-64-61-58-55-52-50-48-45-29-27-25-23-20-17-14-11-8-5-2/h70H,4-69H2,1-3H3. The number of rotatable bonds is 69. The highest BCUT2D eigenvalue weighted by Crippen LogP contribution is 2.20. The van der Waals surface area contributed by atoms with E-state index in [1.807, 2.05) is 0 Å². The number of hydrogen-bond donors (Lipinski definition) is 0. The first-order valence-corrected chi connectivity index (χ1v) is 36.5. The molecule has 0 saturated carbocycles. The number of hydrogen-bond acceptors (Lipinski definition) is 6. The van der Waals surface area contributed by atoms with E-state index in [1.54, 1.807) is 0 Å². The number of esters is 3. The van der Waals surface area contributed by atoms with E-state index in [-0.39, 0.29) is 31.1 Å². The van der Waals surface area contributed by atoms with Crippen LogP contribution in [0.4, 0.5) is 0 Å². The second-order valence-corrected chi connectivity index (χ2v) is 25.2. The fourth-order valence-corrected chi connectivity index (χ4v) is 11.6. The van der Waals surface area contributed by atoms with Crippen molar-refractivity contribution < 1.29 is 28.6 Å². The maximum absolute atomic E-state index is 12.9. The molecule has 470 valence electrons. The Kier molecular flexibility index (Phi) is 67.5. The summed E-state index contributed by atoms with van der Waals surface area (Å²) in [6.45, 7) is 6.72. The van der Waals surface area contributed by atoms with E-state index in [0.717, 1.165) is 57.8 Å². The molecule has 0 aromatic carbocycles. The summed E-state index contributed by atoms with van der Waals surface area (Å²) in [6, 6.07) is 0. The molecule has 0 amide bonds. The van der Waals surface area contributed by atoms with E-state index in [2.05, 4.69) is 20.8 Å². The monoisotopic (exact) mass is 1120 g/mol. The van der Waals surface area contributed by atoms with Crippen LogP contribution in [0, 0.1) is 0 Å². The van der Waals surface area contributed by atoms with Crippen LogP contribution in [0.5, 0.6) is 0 Å². The lowest BCUT2D eigenvalue weighted by molar-refractivity contribution is -0.167. The lowest BCUT2D eigenvalue weighted by atomic mass is 10.0. The number of unbranched alkanes of at least 4 members (excludes halogenated alkanes) is 58. The molecule has 6 heteroatoms. The predicted molar refractivity (Wildman–Crippen MR) is 344 cm³/mol. The van der Waals surface area contributed by atoms with Gasteiger partial charge >= 0.3 is 17.9 Å². The van der Waals surface area contributed by atoms with Crippen LogP contribution < -0.4 is 0 Å². The van der Waals surface area contributed by atoms with Gasteiger partial charge in [-0.25, -0.2) is 0 Å². The first kappa shape index (κ1) is 77.4. The molecule has 0 fully saturated rings. The zero-order valence-electron chi connectivity index (χ0n) is 54.2. The summed E-state index contributed by atoms with van der Waals surface area (Å²) in [7, 11) is 0. The summed E-state index contributed by atoms with van der Waals surface area (Å²) >= 11 is 0. The second-order valence-electron chi connectivity index (χ2n) is 25.2. The molecule has 1 unspecified atom stereocenters. The van der Waals surface area contributed by atoms with Crippen LogP contribution in [0.25, 0.3) is 0 Å².